The van der Waals surface area contributed by atoms with E-state index in [4.69, 9.17) is 4.74 Å². The first-order chi connectivity index (χ1) is 9.49. The highest BCUT2D eigenvalue weighted by atomic mass is 19.3. The van der Waals surface area contributed by atoms with Crippen LogP contribution < -0.4 is 10.1 Å². The predicted octanol–water partition coefficient (Wildman–Crippen LogP) is 2.61. The largest absolute Gasteiger partial charge is 0.435 e. The SMILES string of the molecule is C=C(C)COCCNC(=O)c1cccc(OC(F)F)c1. The summed E-state index contributed by atoms with van der Waals surface area (Å²) in [4.78, 5) is 11.8. The van der Waals surface area contributed by atoms with Gasteiger partial charge in [-0.25, -0.2) is 0 Å². The summed E-state index contributed by atoms with van der Waals surface area (Å²) in [5, 5.41) is 2.62. The summed E-state index contributed by atoms with van der Waals surface area (Å²) in [6.07, 6.45) is 0. The molecule has 0 atom stereocenters. The van der Waals surface area contributed by atoms with Crippen molar-refractivity contribution in [3.8, 4) is 5.75 Å². The zero-order valence-electron chi connectivity index (χ0n) is 11.2. The van der Waals surface area contributed by atoms with Gasteiger partial charge in [0.1, 0.15) is 5.75 Å². The Hall–Kier alpha value is -1.95. The second-order valence-corrected chi connectivity index (χ2v) is 4.17. The lowest BCUT2D eigenvalue weighted by atomic mass is 10.2. The summed E-state index contributed by atoms with van der Waals surface area (Å²) >= 11 is 0. The Morgan fingerprint density at radius 3 is 2.85 bits per heavy atom. The van der Waals surface area contributed by atoms with Crippen molar-refractivity contribution >= 4 is 5.91 Å². The van der Waals surface area contributed by atoms with Gasteiger partial charge in [-0.1, -0.05) is 18.2 Å². The number of alkyl halides is 2. The molecule has 0 unspecified atom stereocenters. The number of ether oxygens (including phenoxy) is 2. The Balaban J connectivity index is 2.41. The van der Waals surface area contributed by atoms with Crippen LogP contribution in [0.3, 0.4) is 0 Å². The van der Waals surface area contributed by atoms with E-state index in [1.165, 1.54) is 24.3 Å². The minimum absolute atomic E-state index is 0.0498. The monoisotopic (exact) mass is 285 g/mol. The van der Waals surface area contributed by atoms with Crippen LogP contribution in [0.4, 0.5) is 8.78 Å². The number of nitrogens with one attached hydrogen (secondary N) is 1. The molecule has 1 amide bonds. The van der Waals surface area contributed by atoms with Gasteiger partial charge in [0.15, 0.2) is 0 Å². The molecule has 0 aliphatic carbocycles. The van der Waals surface area contributed by atoms with Gasteiger partial charge < -0.3 is 14.8 Å². The maximum absolute atomic E-state index is 12.1. The first-order valence-electron chi connectivity index (χ1n) is 6.04. The Morgan fingerprint density at radius 2 is 2.20 bits per heavy atom. The number of hydrogen-bond acceptors (Lipinski definition) is 3. The lowest BCUT2D eigenvalue weighted by Gasteiger charge is -2.08. The number of benzene rings is 1. The molecule has 0 saturated heterocycles. The highest BCUT2D eigenvalue weighted by Crippen LogP contribution is 2.15. The molecule has 6 heteroatoms. The van der Waals surface area contributed by atoms with E-state index in [0.29, 0.717) is 19.8 Å². The molecular weight excluding hydrogens is 268 g/mol. The van der Waals surface area contributed by atoms with E-state index in [0.717, 1.165) is 5.57 Å². The van der Waals surface area contributed by atoms with Crippen LogP contribution in [-0.4, -0.2) is 32.3 Å². The van der Waals surface area contributed by atoms with Crippen molar-refractivity contribution in [2.75, 3.05) is 19.8 Å². The van der Waals surface area contributed by atoms with E-state index in [2.05, 4.69) is 16.6 Å². The number of amides is 1. The van der Waals surface area contributed by atoms with Crippen LogP contribution in [0.5, 0.6) is 5.75 Å². The van der Waals surface area contributed by atoms with Crippen molar-refractivity contribution in [1.29, 1.82) is 0 Å². The molecule has 0 radical (unpaired) electrons. The van der Waals surface area contributed by atoms with Gasteiger partial charge in [0.25, 0.3) is 5.91 Å². The zero-order chi connectivity index (χ0) is 15.0. The normalized spacial score (nSPS) is 10.4. The van der Waals surface area contributed by atoms with E-state index in [1.807, 2.05) is 6.92 Å². The van der Waals surface area contributed by atoms with Crippen LogP contribution in [0.25, 0.3) is 0 Å². The molecule has 1 N–H and O–H groups in total. The molecule has 110 valence electrons. The summed E-state index contributed by atoms with van der Waals surface area (Å²) in [6.45, 7) is 3.73. The number of halogens is 2. The summed E-state index contributed by atoms with van der Waals surface area (Å²) in [6, 6.07) is 5.61. The van der Waals surface area contributed by atoms with Crippen LogP contribution in [-0.2, 0) is 4.74 Å². The van der Waals surface area contributed by atoms with Crippen molar-refractivity contribution in [1.82, 2.24) is 5.32 Å². The molecule has 0 aliphatic heterocycles. The quantitative estimate of drug-likeness (QED) is 0.590. The van der Waals surface area contributed by atoms with Crippen molar-refractivity contribution in [2.24, 2.45) is 0 Å². The van der Waals surface area contributed by atoms with Gasteiger partial charge >= 0.3 is 6.61 Å². The van der Waals surface area contributed by atoms with Crippen LogP contribution >= 0.6 is 0 Å². The van der Waals surface area contributed by atoms with Crippen LogP contribution in [0.2, 0.25) is 0 Å². The summed E-state index contributed by atoms with van der Waals surface area (Å²) in [7, 11) is 0. The van der Waals surface area contributed by atoms with E-state index < -0.39 is 6.61 Å². The molecule has 0 spiro atoms. The molecule has 0 aliphatic rings. The van der Waals surface area contributed by atoms with Crippen LogP contribution in [0.1, 0.15) is 17.3 Å². The molecule has 1 rings (SSSR count). The Kier molecular flexibility index (Phi) is 6.66. The topological polar surface area (TPSA) is 47.6 Å². The van der Waals surface area contributed by atoms with Crippen LogP contribution in [0.15, 0.2) is 36.4 Å². The smallest absolute Gasteiger partial charge is 0.387 e. The molecule has 20 heavy (non-hydrogen) atoms. The van der Waals surface area contributed by atoms with Gasteiger partial charge in [0.2, 0.25) is 0 Å². The van der Waals surface area contributed by atoms with Crippen molar-refractivity contribution in [3.63, 3.8) is 0 Å². The lowest BCUT2D eigenvalue weighted by Crippen LogP contribution is -2.27. The van der Waals surface area contributed by atoms with Crippen molar-refractivity contribution < 1.29 is 23.0 Å². The number of carbonyl (C=O) groups is 1. The Bertz CT molecular complexity index is 463. The molecule has 0 heterocycles. The second-order valence-electron chi connectivity index (χ2n) is 4.17. The molecule has 0 aromatic heterocycles. The second kappa shape index (κ2) is 8.27. The van der Waals surface area contributed by atoms with Gasteiger partial charge in [-0.05, 0) is 25.1 Å². The third kappa shape index (κ3) is 6.29. The maximum atomic E-state index is 12.1. The Labute approximate surface area is 116 Å². The maximum Gasteiger partial charge on any atom is 0.387 e. The highest BCUT2D eigenvalue weighted by Gasteiger charge is 2.09. The predicted molar refractivity (Wildman–Crippen MR) is 71.0 cm³/mol. The number of hydrogen-bond donors (Lipinski definition) is 1. The first-order valence-corrected chi connectivity index (χ1v) is 6.04. The van der Waals surface area contributed by atoms with E-state index in [9.17, 15) is 13.6 Å². The average molecular weight is 285 g/mol. The number of carbonyl (C=O) groups excluding carboxylic acids is 1. The molecule has 0 saturated carbocycles. The third-order valence-electron chi connectivity index (χ3n) is 2.20. The van der Waals surface area contributed by atoms with Gasteiger partial charge in [-0.2, -0.15) is 8.78 Å². The fourth-order valence-corrected chi connectivity index (χ4v) is 1.40. The van der Waals surface area contributed by atoms with Gasteiger partial charge in [-0.3, -0.25) is 4.79 Å². The highest BCUT2D eigenvalue weighted by molar-refractivity contribution is 5.94. The average Bonchev–Trinajstić information content (AvgIpc) is 2.37. The van der Waals surface area contributed by atoms with Gasteiger partial charge in [0.05, 0.1) is 13.2 Å². The lowest BCUT2D eigenvalue weighted by molar-refractivity contribution is -0.0498. The van der Waals surface area contributed by atoms with Gasteiger partial charge in [-0.15, -0.1) is 0 Å². The summed E-state index contributed by atoms with van der Waals surface area (Å²) in [5.41, 5.74) is 1.15. The minimum Gasteiger partial charge on any atom is -0.435 e. The first kappa shape index (κ1) is 16.1. The third-order valence-corrected chi connectivity index (χ3v) is 2.20. The molecule has 0 bridgehead atoms. The van der Waals surface area contributed by atoms with Crippen molar-refractivity contribution in [2.45, 2.75) is 13.5 Å². The van der Waals surface area contributed by atoms with Gasteiger partial charge in [0, 0.05) is 12.1 Å². The molecular formula is C14H17F2NO3. The molecule has 1 aromatic rings. The summed E-state index contributed by atoms with van der Waals surface area (Å²) < 4.78 is 33.6. The van der Waals surface area contributed by atoms with E-state index in [-0.39, 0.29) is 17.2 Å². The Morgan fingerprint density at radius 1 is 1.45 bits per heavy atom. The fraction of sp³-hybridized carbons (Fsp3) is 0.357. The standard InChI is InChI=1S/C14H17F2NO3/c1-10(2)9-19-7-6-17-13(18)11-4-3-5-12(8-11)20-14(15)16/h3-5,8,14H,1,6-7,9H2,2H3,(H,17,18). The fourth-order valence-electron chi connectivity index (χ4n) is 1.40. The summed E-state index contributed by atoms with van der Waals surface area (Å²) in [5.74, 6) is -0.421. The minimum atomic E-state index is -2.91. The molecule has 0 fully saturated rings. The van der Waals surface area contributed by atoms with E-state index >= 15 is 0 Å². The van der Waals surface area contributed by atoms with Crippen LogP contribution in [0, 0.1) is 0 Å². The molecule has 4 nitrogen and oxygen atoms in total. The van der Waals surface area contributed by atoms with E-state index in [1.54, 1.807) is 0 Å². The number of rotatable bonds is 8. The zero-order valence-corrected chi connectivity index (χ0v) is 11.2. The van der Waals surface area contributed by atoms with Crippen molar-refractivity contribution in [3.05, 3.63) is 42.0 Å². The molecule has 1 aromatic carbocycles.